The molecule has 0 unspecified atom stereocenters. The van der Waals surface area contributed by atoms with Gasteiger partial charge in [0.2, 0.25) is 10.0 Å². The highest BCUT2D eigenvalue weighted by Crippen LogP contribution is 2.33. The second-order valence-corrected chi connectivity index (χ2v) is 13.2. The van der Waals surface area contributed by atoms with Crippen molar-refractivity contribution < 1.29 is 13.2 Å². The Kier molecular flexibility index (Phi) is 8.58. The molecule has 2 atom stereocenters. The van der Waals surface area contributed by atoms with Crippen molar-refractivity contribution in [2.75, 3.05) is 49.1 Å². The summed E-state index contributed by atoms with van der Waals surface area (Å²) in [4.78, 5) is 20.0. The Morgan fingerprint density at radius 1 is 0.929 bits per heavy atom. The number of anilines is 2. The van der Waals surface area contributed by atoms with E-state index in [0.717, 1.165) is 48.3 Å². The number of sulfonamides is 1. The third kappa shape index (κ3) is 6.15. The second kappa shape index (κ2) is 12.2. The van der Waals surface area contributed by atoms with Crippen LogP contribution in [0.5, 0.6) is 0 Å². The van der Waals surface area contributed by atoms with E-state index in [-0.39, 0.29) is 10.8 Å². The number of carbonyl (C=O) groups excluding carboxylic acids is 1. The van der Waals surface area contributed by atoms with E-state index in [1.165, 1.54) is 17.2 Å². The summed E-state index contributed by atoms with van der Waals surface area (Å²) >= 11 is 0. The lowest BCUT2D eigenvalue weighted by Crippen LogP contribution is -2.49. The van der Waals surface area contributed by atoms with E-state index < -0.39 is 10.0 Å². The molecule has 5 rings (SSSR count). The maximum absolute atomic E-state index is 13.7. The van der Waals surface area contributed by atoms with Gasteiger partial charge in [-0.15, -0.1) is 0 Å². The minimum absolute atomic E-state index is 0.0177. The molecule has 3 aromatic rings. The van der Waals surface area contributed by atoms with Crippen molar-refractivity contribution >= 4 is 27.3 Å². The first-order valence-electron chi connectivity index (χ1n) is 14.6. The van der Waals surface area contributed by atoms with Crippen LogP contribution < -0.4 is 14.9 Å². The van der Waals surface area contributed by atoms with Gasteiger partial charge in [-0.2, -0.15) is 5.26 Å². The van der Waals surface area contributed by atoms with Gasteiger partial charge >= 0.3 is 0 Å². The molecule has 9 heteroatoms. The second-order valence-electron chi connectivity index (χ2n) is 11.7. The molecule has 1 amide bonds. The first-order valence-corrected chi connectivity index (χ1v) is 16.1. The quantitative estimate of drug-likeness (QED) is 0.457. The van der Waals surface area contributed by atoms with Gasteiger partial charge in [0.1, 0.15) is 11.0 Å². The molecule has 2 heterocycles. The normalized spacial score (nSPS) is 19.5. The zero-order valence-corrected chi connectivity index (χ0v) is 25.4. The number of para-hydroxylation sites is 2. The Balaban J connectivity index is 1.26. The number of aryl methyl sites for hydroxylation is 2. The van der Waals surface area contributed by atoms with Gasteiger partial charge in [0, 0.05) is 44.8 Å². The molecule has 2 aliphatic heterocycles. The predicted octanol–water partition coefficient (Wildman–Crippen LogP) is 4.49. The van der Waals surface area contributed by atoms with Crippen molar-refractivity contribution in [3.05, 3.63) is 88.5 Å². The highest BCUT2D eigenvalue weighted by molar-refractivity contribution is 7.89. The van der Waals surface area contributed by atoms with E-state index >= 15 is 0 Å². The maximum Gasteiger partial charge on any atom is 0.254 e. The Bertz CT molecular complexity index is 1620. The molecule has 0 bridgehead atoms. The minimum atomic E-state index is -3.84. The number of carbonyl (C=O) groups is 1. The van der Waals surface area contributed by atoms with E-state index in [0.29, 0.717) is 43.7 Å². The molecule has 0 spiro atoms. The zero-order chi connectivity index (χ0) is 30.0. The average Bonchev–Trinajstić information content (AvgIpc) is 2.98. The Morgan fingerprint density at radius 2 is 1.60 bits per heavy atom. The molecule has 0 aromatic heterocycles. The Hall–Kier alpha value is -3.87. The van der Waals surface area contributed by atoms with Gasteiger partial charge in [-0.25, -0.2) is 13.6 Å². The first kappa shape index (κ1) is 29.6. The molecule has 2 fully saturated rings. The number of amides is 1. The van der Waals surface area contributed by atoms with Crippen molar-refractivity contribution in [2.45, 2.75) is 38.5 Å². The summed E-state index contributed by atoms with van der Waals surface area (Å²) in [7, 11) is -3.84. The number of piperazine rings is 1. The van der Waals surface area contributed by atoms with Gasteiger partial charge in [0.25, 0.3) is 5.91 Å². The minimum Gasteiger partial charge on any atom is -0.370 e. The fraction of sp³-hybridized carbons (Fsp3) is 0.394. The number of nitrogens with two attached hydrogens (primary N) is 1. The van der Waals surface area contributed by atoms with Crippen molar-refractivity contribution in [1.82, 2.24) is 4.90 Å². The summed E-state index contributed by atoms with van der Waals surface area (Å²) in [6, 6.07) is 21.1. The third-order valence-electron chi connectivity index (χ3n) is 8.92. The molecule has 0 aliphatic carbocycles. The average molecular weight is 586 g/mol. The van der Waals surface area contributed by atoms with Crippen LogP contribution in [-0.2, 0) is 16.4 Å². The van der Waals surface area contributed by atoms with Gasteiger partial charge in [-0.1, -0.05) is 37.3 Å². The summed E-state index contributed by atoms with van der Waals surface area (Å²) in [6.07, 6.45) is 1.94. The Morgan fingerprint density at radius 3 is 2.26 bits per heavy atom. The van der Waals surface area contributed by atoms with Gasteiger partial charge < -0.3 is 14.7 Å². The smallest absolute Gasteiger partial charge is 0.254 e. The van der Waals surface area contributed by atoms with Gasteiger partial charge in [0.15, 0.2) is 0 Å². The number of hydrogen-bond donors (Lipinski definition) is 1. The maximum atomic E-state index is 13.7. The number of rotatable bonds is 6. The molecule has 8 nitrogen and oxygen atoms in total. The highest BCUT2D eigenvalue weighted by Gasteiger charge is 2.30. The zero-order valence-electron chi connectivity index (χ0n) is 24.6. The topological polar surface area (TPSA) is 111 Å². The third-order valence-corrected chi connectivity index (χ3v) is 9.88. The van der Waals surface area contributed by atoms with E-state index in [2.05, 4.69) is 36.9 Å². The SMILES string of the molecule is Cc1cc(C)c(C(=O)N2CCN(c3ccccc3S(N)(=O)=O)CC2)cc1C[C@H]1CCN(c2ccccc2C#N)C[C@H]1C. The van der Waals surface area contributed by atoms with Crippen molar-refractivity contribution in [3.8, 4) is 6.07 Å². The summed E-state index contributed by atoms with van der Waals surface area (Å²) in [6.45, 7) is 10.3. The number of benzene rings is 3. The Labute approximate surface area is 249 Å². The van der Waals surface area contributed by atoms with E-state index in [1.807, 2.05) is 41.0 Å². The molecular weight excluding hydrogens is 546 g/mol. The largest absolute Gasteiger partial charge is 0.370 e. The van der Waals surface area contributed by atoms with Gasteiger partial charge in [-0.3, -0.25) is 4.79 Å². The highest BCUT2D eigenvalue weighted by atomic mass is 32.2. The van der Waals surface area contributed by atoms with Crippen LogP contribution in [0.2, 0.25) is 0 Å². The number of primary sulfonamides is 1. The fourth-order valence-electron chi connectivity index (χ4n) is 6.47. The predicted molar refractivity (Wildman–Crippen MR) is 166 cm³/mol. The molecule has 42 heavy (non-hydrogen) atoms. The summed E-state index contributed by atoms with van der Waals surface area (Å²) in [5.41, 5.74) is 6.44. The summed E-state index contributed by atoms with van der Waals surface area (Å²) in [5.74, 6) is 0.949. The van der Waals surface area contributed by atoms with Crippen LogP contribution in [0.1, 0.15) is 46.0 Å². The van der Waals surface area contributed by atoms with Crippen LogP contribution in [0.4, 0.5) is 11.4 Å². The van der Waals surface area contributed by atoms with Crippen LogP contribution in [-0.4, -0.2) is 58.5 Å². The number of nitrogens with zero attached hydrogens (tertiary/aromatic N) is 4. The van der Waals surface area contributed by atoms with Crippen molar-refractivity contribution in [3.63, 3.8) is 0 Å². The molecule has 2 saturated heterocycles. The summed E-state index contributed by atoms with van der Waals surface area (Å²) < 4.78 is 24.2. The monoisotopic (exact) mass is 585 g/mol. The molecule has 2 aliphatic rings. The van der Waals surface area contributed by atoms with Crippen LogP contribution in [0.3, 0.4) is 0 Å². The van der Waals surface area contributed by atoms with Gasteiger partial charge in [-0.05, 0) is 85.5 Å². The van der Waals surface area contributed by atoms with Crippen LogP contribution in [0.25, 0.3) is 0 Å². The summed E-state index contributed by atoms with van der Waals surface area (Å²) in [5, 5.41) is 15.0. The first-order chi connectivity index (χ1) is 20.1. The molecule has 220 valence electrons. The molecule has 0 saturated carbocycles. The number of nitriles is 1. The molecule has 2 N–H and O–H groups in total. The number of hydrogen-bond acceptors (Lipinski definition) is 6. The molecule has 3 aromatic carbocycles. The lowest BCUT2D eigenvalue weighted by Gasteiger charge is -2.39. The van der Waals surface area contributed by atoms with E-state index in [1.54, 1.807) is 18.2 Å². The molecule has 0 radical (unpaired) electrons. The lowest BCUT2D eigenvalue weighted by atomic mass is 9.80. The van der Waals surface area contributed by atoms with Crippen molar-refractivity contribution in [1.29, 1.82) is 5.26 Å². The van der Waals surface area contributed by atoms with Crippen LogP contribution >= 0.6 is 0 Å². The standard InChI is InChI=1S/C33H39N5O3S/c1-23-18-24(2)29(33(39)37-16-14-36(15-17-37)31-10-6-7-11-32(31)42(35,40)41)20-28(23)19-26-12-13-38(22-25(26)3)30-9-5-4-8-27(30)21-34/h4-11,18,20,25-26H,12-17,19,22H2,1-3H3,(H2,35,40,41)/t25-,26-/m1/s1. The fourth-order valence-corrected chi connectivity index (χ4v) is 7.23. The van der Waals surface area contributed by atoms with Gasteiger partial charge in [0.05, 0.1) is 16.9 Å². The van der Waals surface area contributed by atoms with Crippen LogP contribution in [0, 0.1) is 37.0 Å². The van der Waals surface area contributed by atoms with E-state index in [4.69, 9.17) is 5.14 Å². The lowest BCUT2D eigenvalue weighted by molar-refractivity contribution is 0.0745. The number of piperidine rings is 1. The van der Waals surface area contributed by atoms with Crippen LogP contribution in [0.15, 0.2) is 65.6 Å². The van der Waals surface area contributed by atoms with E-state index in [9.17, 15) is 18.5 Å². The van der Waals surface area contributed by atoms with Crippen molar-refractivity contribution in [2.24, 2.45) is 17.0 Å². The molecular formula is C33H39N5O3S.